The van der Waals surface area contributed by atoms with E-state index < -0.39 is 0 Å². The Labute approximate surface area is 130 Å². The average Bonchev–Trinajstić information content (AvgIpc) is 3.31. The quantitative estimate of drug-likeness (QED) is 0.858. The van der Waals surface area contributed by atoms with Gasteiger partial charge in [-0.2, -0.15) is 0 Å². The molecule has 2 aromatic rings. The molecule has 0 aliphatic heterocycles. The van der Waals surface area contributed by atoms with Crippen molar-refractivity contribution in [2.75, 3.05) is 11.9 Å². The van der Waals surface area contributed by atoms with Gasteiger partial charge in [-0.15, -0.1) is 0 Å². The average molecular weight is 296 g/mol. The molecule has 1 aliphatic rings. The number of hydrogen-bond acceptors (Lipinski definition) is 4. The number of anilines is 1. The van der Waals surface area contributed by atoms with Gasteiger partial charge in [0.15, 0.2) is 0 Å². The van der Waals surface area contributed by atoms with E-state index in [1.54, 1.807) is 6.07 Å². The maximum Gasteiger partial charge on any atom is 0.270 e. The Morgan fingerprint density at radius 2 is 2.00 bits per heavy atom. The molecule has 0 unspecified atom stereocenters. The summed E-state index contributed by atoms with van der Waals surface area (Å²) in [5, 5.41) is 6.15. The van der Waals surface area contributed by atoms with Crippen molar-refractivity contribution in [1.82, 2.24) is 15.3 Å². The molecule has 2 N–H and O–H groups in total. The topological polar surface area (TPSA) is 66.9 Å². The van der Waals surface area contributed by atoms with Crippen LogP contribution in [0, 0.1) is 6.92 Å². The lowest BCUT2D eigenvalue weighted by atomic mass is 10.1. The predicted octanol–water partition coefficient (Wildman–Crippen LogP) is 2.33. The van der Waals surface area contributed by atoms with E-state index in [-0.39, 0.29) is 5.91 Å². The number of carbonyl (C=O) groups is 1. The van der Waals surface area contributed by atoms with Crippen LogP contribution in [-0.2, 0) is 6.42 Å². The summed E-state index contributed by atoms with van der Waals surface area (Å²) in [6, 6.07) is 12.3. The molecule has 22 heavy (non-hydrogen) atoms. The minimum absolute atomic E-state index is 0.153. The molecule has 0 radical (unpaired) electrons. The van der Waals surface area contributed by atoms with Crippen LogP contribution in [0.5, 0.6) is 0 Å². The monoisotopic (exact) mass is 296 g/mol. The van der Waals surface area contributed by atoms with Crippen LogP contribution in [0.25, 0.3) is 0 Å². The van der Waals surface area contributed by atoms with Gasteiger partial charge in [0, 0.05) is 18.3 Å². The van der Waals surface area contributed by atoms with Crippen LogP contribution in [0.1, 0.15) is 34.6 Å². The number of aromatic nitrogens is 2. The van der Waals surface area contributed by atoms with Crippen molar-refractivity contribution < 1.29 is 4.79 Å². The normalized spacial score (nSPS) is 13.7. The lowest BCUT2D eigenvalue weighted by Crippen LogP contribution is -2.27. The molecule has 1 fully saturated rings. The standard InChI is InChI=1S/C17H20N4O/c1-12-11-15(21-17(19-12)20-14-7-8-14)16(22)18-10-9-13-5-3-2-4-6-13/h2-6,11,14H,7-10H2,1H3,(H,18,22)(H,19,20,21). The molecule has 0 atom stereocenters. The van der Waals surface area contributed by atoms with Crippen LogP contribution in [-0.4, -0.2) is 28.5 Å². The second-order valence-corrected chi connectivity index (χ2v) is 5.63. The van der Waals surface area contributed by atoms with E-state index >= 15 is 0 Å². The number of aryl methyl sites for hydroxylation is 1. The van der Waals surface area contributed by atoms with E-state index in [0.29, 0.717) is 24.2 Å². The first-order chi connectivity index (χ1) is 10.7. The second-order valence-electron chi connectivity index (χ2n) is 5.63. The smallest absolute Gasteiger partial charge is 0.270 e. The van der Waals surface area contributed by atoms with Crippen LogP contribution in [0.3, 0.4) is 0 Å². The Balaban J connectivity index is 1.58. The SMILES string of the molecule is Cc1cc(C(=O)NCCc2ccccc2)nc(NC2CC2)n1. The molecule has 1 aromatic carbocycles. The van der Waals surface area contributed by atoms with E-state index in [1.807, 2.05) is 25.1 Å². The largest absolute Gasteiger partial charge is 0.351 e. The number of hydrogen-bond donors (Lipinski definition) is 2. The Hall–Kier alpha value is -2.43. The third-order valence-corrected chi connectivity index (χ3v) is 3.54. The molecule has 114 valence electrons. The van der Waals surface area contributed by atoms with E-state index in [9.17, 15) is 4.79 Å². The van der Waals surface area contributed by atoms with Gasteiger partial charge < -0.3 is 10.6 Å². The first-order valence-corrected chi connectivity index (χ1v) is 7.65. The summed E-state index contributed by atoms with van der Waals surface area (Å²) >= 11 is 0. The van der Waals surface area contributed by atoms with Crippen LogP contribution in [0.2, 0.25) is 0 Å². The van der Waals surface area contributed by atoms with Gasteiger partial charge in [-0.25, -0.2) is 9.97 Å². The van der Waals surface area contributed by atoms with Crippen LogP contribution in [0.15, 0.2) is 36.4 Å². The molecule has 0 spiro atoms. The number of benzene rings is 1. The first kappa shape index (κ1) is 14.5. The molecular weight excluding hydrogens is 276 g/mol. The van der Waals surface area contributed by atoms with E-state index in [0.717, 1.165) is 25.0 Å². The van der Waals surface area contributed by atoms with Crippen molar-refractivity contribution in [3.05, 3.63) is 53.3 Å². The van der Waals surface area contributed by atoms with Gasteiger partial charge in [0.05, 0.1) is 0 Å². The fourth-order valence-electron chi connectivity index (χ4n) is 2.22. The molecule has 1 aliphatic carbocycles. The molecule has 1 amide bonds. The predicted molar refractivity (Wildman–Crippen MR) is 85.9 cm³/mol. The Morgan fingerprint density at radius 1 is 1.23 bits per heavy atom. The van der Waals surface area contributed by atoms with E-state index in [2.05, 4.69) is 32.7 Å². The van der Waals surface area contributed by atoms with Gasteiger partial charge >= 0.3 is 0 Å². The third kappa shape index (κ3) is 4.04. The van der Waals surface area contributed by atoms with Crippen molar-refractivity contribution >= 4 is 11.9 Å². The zero-order valence-corrected chi connectivity index (χ0v) is 12.7. The minimum atomic E-state index is -0.153. The molecule has 1 heterocycles. The van der Waals surface area contributed by atoms with Gasteiger partial charge in [-0.1, -0.05) is 30.3 Å². The lowest BCUT2D eigenvalue weighted by molar-refractivity contribution is 0.0949. The zero-order chi connectivity index (χ0) is 15.4. The second kappa shape index (κ2) is 6.56. The van der Waals surface area contributed by atoms with Crippen LogP contribution < -0.4 is 10.6 Å². The summed E-state index contributed by atoms with van der Waals surface area (Å²) in [6.07, 6.45) is 3.11. The summed E-state index contributed by atoms with van der Waals surface area (Å²) in [6.45, 7) is 2.47. The van der Waals surface area contributed by atoms with Crippen molar-refractivity contribution in [1.29, 1.82) is 0 Å². The number of nitrogens with one attached hydrogen (secondary N) is 2. The number of amides is 1. The third-order valence-electron chi connectivity index (χ3n) is 3.54. The summed E-state index contributed by atoms with van der Waals surface area (Å²) in [5.74, 6) is 0.399. The van der Waals surface area contributed by atoms with Crippen molar-refractivity contribution in [3.8, 4) is 0 Å². The summed E-state index contributed by atoms with van der Waals surface area (Å²) < 4.78 is 0. The van der Waals surface area contributed by atoms with Gasteiger partial charge in [0.25, 0.3) is 5.91 Å². The van der Waals surface area contributed by atoms with Crippen molar-refractivity contribution in [3.63, 3.8) is 0 Å². The molecule has 3 rings (SSSR count). The molecule has 1 saturated carbocycles. The first-order valence-electron chi connectivity index (χ1n) is 7.65. The van der Waals surface area contributed by atoms with E-state index in [1.165, 1.54) is 5.56 Å². The fraction of sp³-hybridized carbons (Fsp3) is 0.353. The maximum atomic E-state index is 12.2. The van der Waals surface area contributed by atoms with E-state index in [4.69, 9.17) is 0 Å². The molecule has 5 heteroatoms. The van der Waals surface area contributed by atoms with Crippen molar-refractivity contribution in [2.24, 2.45) is 0 Å². The molecule has 5 nitrogen and oxygen atoms in total. The molecule has 0 saturated heterocycles. The highest BCUT2D eigenvalue weighted by Crippen LogP contribution is 2.23. The summed E-state index contributed by atoms with van der Waals surface area (Å²) in [5.41, 5.74) is 2.42. The Bertz CT molecular complexity index is 653. The number of rotatable bonds is 6. The van der Waals surface area contributed by atoms with Gasteiger partial charge in [0.1, 0.15) is 5.69 Å². The highest BCUT2D eigenvalue weighted by Gasteiger charge is 2.22. The highest BCUT2D eigenvalue weighted by molar-refractivity contribution is 5.92. The van der Waals surface area contributed by atoms with Crippen LogP contribution in [0.4, 0.5) is 5.95 Å². The number of carbonyl (C=O) groups excluding carboxylic acids is 1. The van der Waals surface area contributed by atoms with Gasteiger partial charge in [0.2, 0.25) is 5.95 Å². The number of nitrogens with zero attached hydrogens (tertiary/aromatic N) is 2. The Kier molecular flexibility index (Phi) is 4.32. The molecule has 0 bridgehead atoms. The van der Waals surface area contributed by atoms with Crippen LogP contribution >= 0.6 is 0 Å². The minimum Gasteiger partial charge on any atom is -0.351 e. The zero-order valence-electron chi connectivity index (χ0n) is 12.7. The van der Waals surface area contributed by atoms with Crippen molar-refractivity contribution in [2.45, 2.75) is 32.2 Å². The molecule has 1 aromatic heterocycles. The fourth-order valence-corrected chi connectivity index (χ4v) is 2.22. The maximum absolute atomic E-state index is 12.2. The van der Waals surface area contributed by atoms with Gasteiger partial charge in [-0.05, 0) is 37.8 Å². The highest BCUT2D eigenvalue weighted by atomic mass is 16.1. The summed E-state index contributed by atoms with van der Waals surface area (Å²) in [4.78, 5) is 20.8. The lowest BCUT2D eigenvalue weighted by Gasteiger charge is -2.08. The van der Waals surface area contributed by atoms with Gasteiger partial charge in [-0.3, -0.25) is 4.79 Å². The summed E-state index contributed by atoms with van der Waals surface area (Å²) in [7, 11) is 0. The Morgan fingerprint density at radius 3 is 2.73 bits per heavy atom. The molecular formula is C17H20N4O.